The molecule has 1 saturated carbocycles. The Morgan fingerprint density at radius 3 is 2.39 bits per heavy atom. The molecule has 9 nitrogen and oxygen atoms in total. The van der Waals surface area contributed by atoms with Crippen molar-refractivity contribution in [3.8, 4) is 0 Å². The minimum atomic E-state index is -0.372. The first-order valence-corrected chi connectivity index (χ1v) is 11.1. The van der Waals surface area contributed by atoms with Crippen LogP contribution in [0.1, 0.15) is 46.0 Å². The van der Waals surface area contributed by atoms with Crippen molar-refractivity contribution in [1.82, 2.24) is 29.0 Å². The van der Waals surface area contributed by atoms with Gasteiger partial charge in [0.2, 0.25) is 17.6 Å². The lowest BCUT2D eigenvalue weighted by atomic mass is 9.97. The molecule has 1 aliphatic heterocycles. The number of amides is 2. The molecule has 3 heterocycles. The summed E-state index contributed by atoms with van der Waals surface area (Å²) in [6.07, 6.45) is 5.10. The maximum atomic E-state index is 13.3. The van der Waals surface area contributed by atoms with E-state index in [0.717, 1.165) is 37.6 Å². The van der Waals surface area contributed by atoms with E-state index in [4.69, 9.17) is 0 Å². The molecule has 1 saturated heterocycles. The lowest BCUT2D eigenvalue weighted by Gasteiger charge is -2.39. The number of hydrogen-bond donors (Lipinski definition) is 1. The average molecular weight is 425 g/mol. The van der Waals surface area contributed by atoms with Crippen LogP contribution in [0.25, 0.3) is 16.8 Å². The second-order valence-electron chi connectivity index (χ2n) is 8.92. The highest BCUT2D eigenvalue weighted by atomic mass is 16.2. The number of imidazole rings is 1. The van der Waals surface area contributed by atoms with Crippen LogP contribution in [-0.2, 0) is 22.7 Å². The second kappa shape index (κ2) is 7.55. The number of nitrogens with one attached hydrogen (secondary N) is 1. The number of nitrogens with zero attached hydrogens (tertiary/aromatic N) is 5. The van der Waals surface area contributed by atoms with Crippen LogP contribution in [-0.4, -0.2) is 53.6 Å². The summed E-state index contributed by atoms with van der Waals surface area (Å²) in [6.45, 7) is 4.17. The molecule has 2 amide bonds. The number of piperidine rings is 1. The Bertz CT molecular complexity index is 1210. The van der Waals surface area contributed by atoms with Crippen LogP contribution in [0.3, 0.4) is 0 Å². The number of likely N-dealkylation sites (tertiary alicyclic amines) is 1. The average Bonchev–Trinajstić information content (AvgIpc) is 3.42. The lowest BCUT2D eigenvalue weighted by Crippen LogP contribution is -2.48. The summed E-state index contributed by atoms with van der Waals surface area (Å²) in [5, 5.41) is 7.34. The summed E-state index contributed by atoms with van der Waals surface area (Å²) in [7, 11) is 0. The molecule has 1 N–H and O–H groups in total. The molecule has 2 atom stereocenters. The molecule has 3 aromatic rings. The van der Waals surface area contributed by atoms with E-state index in [9.17, 15) is 14.4 Å². The summed E-state index contributed by atoms with van der Waals surface area (Å²) >= 11 is 0. The van der Waals surface area contributed by atoms with Gasteiger partial charge >= 0.3 is 5.69 Å². The Labute approximate surface area is 179 Å². The number of benzene rings is 1. The fraction of sp³-hybridized carbons (Fsp3) is 0.545. The summed E-state index contributed by atoms with van der Waals surface area (Å²) in [4.78, 5) is 40.5. The highest BCUT2D eigenvalue weighted by Crippen LogP contribution is 2.24. The Morgan fingerprint density at radius 2 is 1.71 bits per heavy atom. The maximum absolute atomic E-state index is 13.3. The Hall–Kier alpha value is -3.10. The normalized spacial score (nSPS) is 21.7. The zero-order valence-corrected chi connectivity index (χ0v) is 18.0. The van der Waals surface area contributed by atoms with Gasteiger partial charge in [-0.25, -0.2) is 13.9 Å². The summed E-state index contributed by atoms with van der Waals surface area (Å²) in [5.41, 5.74) is 1.09. The predicted octanol–water partition coefficient (Wildman–Crippen LogP) is 1.52. The fourth-order valence-electron chi connectivity index (χ4n) is 4.80. The van der Waals surface area contributed by atoms with E-state index >= 15 is 0 Å². The lowest BCUT2D eigenvalue weighted by molar-refractivity contribution is -0.137. The molecule has 1 aliphatic carbocycles. The monoisotopic (exact) mass is 424 g/mol. The number of fused-ring (bicyclic) bond motifs is 3. The highest BCUT2D eigenvalue weighted by molar-refractivity contribution is 5.85. The second-order valence-corrected chi connectivity index (χ2v) is 8.92. The van der Waals surface area contributed by atoms with Crippen molar-refractivity contribution < 1.29 is 9.59 Å². The van der Waals surface area contributed by atoms with Crippen LogP contribution in [0.2, 0.25) is 0 Å². The van der Waals surface area contributed by atoms with Crippen LogP contribution in [0.4, 0.5) is 0 Å². The van der Waals surface area contributed by atoms with E-state index in [1.54, 1.807) is 4.57 Å². The number of carbonyl (C=O) groups excluding carboxylic acids is 2. The van der Waals surface area contributed by atoms with Crippen LogP contribution in [0.5, 0.6) is 0 Å². The van der Waals surface area contributed by atoms with E-state index in [1.165, 1.54) is 9.08 Å². The molecule has 1 aromatic carbocycles. The maximum Gasteiger partial charge on any atom is 0.352 e. The van der Waals surface area contributed by atoms with Gasteiger partial charge in [-0.1, -0.05) is 12.1 Å². The fourth-order valence-corrected chi connectivity index (χ4v) is 4.80. The van der Waals surface area contributed by atoms with Gasteiger partial charge in [0.1, 0.15) is 13.1 Å². The van der Waals surface area contributed by atoms with Gasteiger partial charge in [-0.2, -0.15) is 0 Å². The van der Waals surface area contributed by atoms with Crippen LogP contribution in [0.15, 0.2) is 29.1 Å². The molecular weight excluding hydrogens is 396 g/mol. The minimum Gasteiger partial charge on any atom is -0.352 e. The molecule has 2 aliphatic rings. The topological polar surface area (TPSA) is 93.6 Å². The number of rotatable bonds is 5. The van der Waals surface area contributed by atoms with Gasteiger partial charge in [0.15, 0.2) is 0 Å². The zero-order valence-electron chi connectivity index (χ0n) is 18.0. The van der Waals surface area contributed by atoms with Gasteiger partial charge in [0.25, 0.3) is 0 Å². The van der Waals surface area contributed by atoms with Gasteiger partial charge in [-0.15, -0.1) is 5.10 Å². The third-order valence-electron chi connectivity index (χ3n) is 6.49. The quantitative estimate of drug-likeness (QED) is 0.672. The SMILES string of the molecule is C[C@@H]1CCC[C@@H](C)N1C(=O)Cn1c2ccccc2n2c(=O)n(CC(=O)NC3CC3)nc12. The van der Waals surface area contributed by atoms with Crippen molar-refractivity contribution in [2.75, 3.05) is 0 Å². The van der Waals surface area contributed by atoms with Crippen molar-refractivity contribution in [1.29, 1.82) is 0 Å². The summed E-state index contributed by atoms with van der Waals surface area (Å²) in [5.74, 6) is 0.195. The molecule has 2 aromatic heterocycles. The van der Waals surface area contributed by atoms with Gasteiger partial charge < -0.3 is 10.2 Å². The Balaban J connectivity index is 1.53. The number of para-hydroxylation sites is 2. The van der Waals surface area contributed by atoms with Crippen molar-refractivity contribution in [2.24, 2.45) is 0 Å². The van der Waals surface area contributed by atoms with E-state index < -0.39 is 0 Å². The van der Waals surface area contributed by atoms with Gasteiger partial charge in [0.05, 0.1) is 11.0 Å². The first kappa shape index (κ1) is 19.8. The molecular formula is C22H28N6O3. The minimum absolute atomic E-state index is 0.0245. The van der Waals surface area contributed by atoms with Gasteiger partial charge in [0, 0.05) is 18.1 Å². The standard InChI is InChI=1S/C22H28N6O3/c1-14-6-5-7-15(2)27(14)20(30)13-25-17-8-3-4-9-18(17)28-21(25)24-26(22(28)31)12-19(29)23-16-10-11-16/h3-4,8-9,14-16H,5-7,10-13H2,1-2H3,(H,23,29)/t14-,15-/m1/s1. The highest BCUT2D eigenvalue weighted by Gasteiger charge is 2.30. The van der Waals surface area contributed by atoms with E-state index in [2.05, 4.69) is 24.3 Å². The molecule has 9 heteroatoms. The Kier molecular flexibility index (Phi) is 4.83. The van der Waals surface area contributed by atoms with Crippen molar-refractivity contribution in [2.45, 2.75) is 77.2 Å². The van der Waals surface area contributed by atoms with Crippen molar-refractivity contribution in [3.63, 3.8) is 0 Å². The number of carbonyl (C=O) groups is 2. The number of aromatic nitrogens is 4. The molecule has 0 bridgehead atoms. The predicted molar refractivity (Wildman–Crippen MR) is 116 cm³/mol. The zero-order chi connectivity index (χ0) is 21.7. The summed E-state index contributed by atoms with van der Waals surface area (Å²) in [6, 6.07) is 8.08. The van der Waals surface area contributed by atoms with Crippen molar-refractivity contribution in [3.05, 3.63) is 34.7 Å². The van der Waals surface area contributed by atoms with Crippen molar-refractivity contribution >= 4 is 28.6 Å². The molecule has 0 radical (unpaired) electrons. The molecule has 0 spiro atoms. The molecule has 5 rings (SSSR count). The molecule has 31 heavy (non-hydrogen) atoms. The van der Waals surface area contributed by atoms with Crippen LogP contribution < -0.4 is 11.0 Å². The third kappa shape index (κ3) is 3.51. The number of hydrogen-bond acceptors (Lipinski definition) is 4. The van der Waals surface area contributed by atoms with Crippen LogP contribution >= 0.6 is 0 Å². The Morgan fingerprint density at radius 1 is 1.03 bits per heavy atom. The van der Waals surface area contributed by atoms with Gasteiger partial charge in [-0.3, -0.25) is 14.2 Å². The first-order chi connectivity index (χ1) is 14.9. The van der Waals surface area contributed by atoms with Gasteiger partial charge in [-0.05, 0) is 58.1 Å². The summed E-state index contributed by atoms with van der Waals surface area (Å²) < 4.78 is 4.48. The van der Waals surface area contributed by atoms with E-state index in [1.807, 2.05) is 29.2 Å². The molecule has 0 unspecified atom stereocenters. The largest absolute Gasteiger partial charge is 0.352 e. The van der Waals surface area contributed by atoms with Crippen LogP contribution in [0, 0.1) is 0 Å². The molecule has 164 valence electrons. The smallest absolute Gasteiger partial charge is 0.352 e. The third-order valence-corrected chi connectivity index (χ3v) is 6.49. The van der Waals surface area contributed by atoms with E-state index in [0.29, 0.717) is 11.3 Å². The molecule has 2 fully saturated rings. The first-order valence-electron chi connectivity index (χ1n) is 11.1. The van der Waals surface area contributed by atoms with E-state index in [-0.39, 0.29) is 48.7 Å².